The average molecular weight is 421 g/mol. The molecular formula is C25H32N4O2. The van der Waals surface area contributed by atoms with E-state index >= 15 is 0 Å². The molecule has 3 aliphatic rings. The SMILES string of the molecule is COc1cc(C(=O)N(C(C)C)C2CCCCC2)ccc1Cn1cccc2nc(C)nc1-2. The van der Waals surface area contributed by atoms with Crippen LogP contribution in [-0.4, -0.2) is 44.5 Å². The Bertz CT molecular complexity index is 1020. The topological polar surface area (TPSA) is 60.2 Å². The molecule has 0 N–H and O–H groups in total. The number of fused-ring (bicyclic) bond motifs is 1. The van der Waals surface area contributed by atoms with Crippen molar-refractivity contribution in [1.82, 2.24) is 19.4 Å². The lowest BCUT2D eigenvalue weighted by Gasteiger charge is -2.37. The van der Waals surface area contributed by atoms with E-state index in [4.69, 9.17) is 4.74 Å². The molecule has 31 heavy (non-hydrogen) atoms. The second-order valence-corrected chi connectivity index (χ2v) is 8.74. The van der Waals surface area contributed by atoms with Crippen molar-refractivity contribution < 1.29 is 9.53 Å². The van der Waals surface area contributed by atoms with Gasteiger partial charge in [-0.1, -0.05) is 25.3 Å². The third-order valence-electron chi connectivity index (χ3n) is 6.20. The fraction of sp³-hybridized carbons (Fsp3) is 0.480. The van der Waals surface area contributed by atoms with Gasteiger partial charge < -0.3 is 14.2 Å². The van der Waals surface area contributed by atoms with E-state index in [0.29, 0.717) is 18.2 Å². The van der Waals surface area contributed by atoms with Crippen molar-refractivity contribution in [2.75, 3.05) is 7.11 Å². The number of amides is 1. The maximum absolute atomic E-state index is 13.4. The van der Waals surface area contributed by atoms with Crippen LogP contribution in [0, 0.1) is 6.92 Å². The van der Waals surface area contributed by atoms with E-state index in [-0.39, 0.29) is 11.9 Å². The second kappa shape index (κ2) is 9.08. The van der Waals surface area contributed by atoms with E-state index < -0.39 is 0 Å². The summed E-state index contributed by atoms with van der Waals surface area (Å²) in [4.78, 5) is 24.5. The number of imidazole rings is 1. The standard InChI is InChI=1S/C25H32N4O2/c1-17(2)29(21-9-6-5-7-10-21)25(30)19-12-13-20(23(15-19)31-4)16-28-14-8-11-22-24(28)27-18(3)26-22/h8,11-15,17,21H,5-7,9-10,16H2,1-4H3. The minimum Gasteiger partial charge on any atom is -0.496 e. The van der Waals surface area contributed by atoms with Crippen LogP contribution < -0.4 is 4.74 Å². The number of aromatic nitrogens is 3. The Morgan fingerprint density at radius 1 is 1.19 bits per heavy atom. The van der Waals surface area contributed by atoms with Gasteiger partial charge in [-0.05, 0) is 57.9 Å². The smallest absolute Gasteiger partial charge is 0.254 e. The number of aryl methyl sites for hydroxylation is 1. The largest absolute Gasteiger partial charge is 0.496 e. The molecule has 1 fully saturated rings. The molecule has 0 atom stereocenters. The number of pyridine rings is 1. The van der Waals surface area contributed by atoms with Gasteiger partial charge in [0.25, 0.3) is 5.91 Å². The van der Waals surface area contributed by atoms with Gasteiger partial charge in [-0.2, -0.15) is 0 Å². The van der Waals surface area contributed by atoms with Gasteiger partial charge in [-0.15, -0.1) is 0 Å². The number of ether oxygens (including phenoxy) is 1. The molecule has 1 aliphatic carbocycles. The van der Waals surface area contributed by atoms with Crippen molar-refractivity contribution in [3.8, 4) is 17.3 Å². The number of hydrogen-bond donors (Lipinski definition) is 0. The number of carbonyl (C=O) groups excluding carboxylic acids is 1. The van der Waals surface area contributed by atoms with Gasteiger partial charge in [0.1, 0.15) is 17.3 Å². The lowest BCUT2D eigenvalue weighted by molar-refractivity contribution is 0.0555. The zero-order chi connectivity index (χ0) is 22.0. The Kier molecular flexibility index (Phi) is 6.25. The minimum absolute atomic E-state index is 0.0963. The van der Waals surface area contributed by atoms with Crippen molar-refractivity contribution in [3.05, 3.63) is 53.5 Å². The maximum Gasteiger partial charge on any atom is 0.254 e. The fourth-order valence-electron chi connectivity index (χ4n) is 4.74. The molecule has 2 aliphatic heterocycles. The summed E-state index contributed by atoms with van der Waals surface area (Å²) in [5, 5.41) is 0. The van der Waals surface area contributed by atoms with Gasteiger partial charge in [-0.25, -0.2) is 9.97 Å². The van der Waals surface area contributed by atoms with Gasteiger partial charge in [0.05, 0.1) is 13.7 Å². The number of carbonyl (C=O) groups is 1. The second-order valence-electron chi connectivity index (χ2n) is 8.74. The molecule has 0 spiro atoms. The summed E-state index contributed by atoms with van der Waals surface area (Å²) in [6.45, 7) is 6.72. The van der Waals surface area contributed by atoms with E-state index in [1.807, 2.05) is 43.5 Å². The van der Waals surface area contributed by atoms with Crippen LogP contribution in [0.2, 0.25) is 0 Å². The summed E-state index contributed by atoms with van der Waals surface area (Å²) in [5.41, 5.74) is 2.57. The van der Waals surface area contributed by atoms with Gasteiger partial charge in [-0.3, -0.25) is 4.79 Å². The van der Waals surface area contributed by atoms with Crippen LogP contribution in [0.15, 0.2) is 36.5 Å². The molecule has 0 saturated heterocycles. The highest BCUT2D eigenvalue weighted by Crippen LogP contribution is 2.29. The third-order valence-corrected chi connectivity index (χ3v) is 6.20. The Hall–Kier alpha value is -2.89. The summed E-state index contributed by atoms with van der Waals surface area (Å²) in [5.74, 6) is 2.43. The van der Waals surface area contributed by atoms with E-state index in [0.717, 1.165) is 41.5 Å². The van der Waals surface area contributed by atoms with Crippen LogP contribution in [0.5, 0.6) is 5.75 Å². The fourth-order valence-corrected chi connectivity index (χ4v) is 4.74. The predicted octanol–water partition coefficient (Wildman–Crippen LogP) is 4.93. The molecule has 0 aromatic heterocycles. The van der Waals surface area contributed by atoms with Gasteiger partial charge in [0.2, 0.25) is 0 Å². The zero-order valence-electron chi connectivity index (χ0n) is 19.0. The number of hydrogen-bond acceptors (Lipinski definition) is 4. The first kappa shape index (κ1) is 21.3. The zero-order valence-corrected chi connectivity index (χ0v) is 19.0. The van der Waals surface area contributed by atoms with E-state index in [9.17, 15) is 4.79 Å². The third kappa shape index (κ3) is 4.43. The quantitative estimate of drug-likeness (QED) is 0.567. The molecule has 4 rings (SSSR count). The molecule has 6 nitrogen and oxygen atoms in total. The summed E-state index contributed by atoms with van der Waals surface area (Å²) in [6.07, 6.45) is 7.88. The van der Waals surface area contributed by atoms with Crippen molar-refractivity contribution in [3.63, 3.8) is 0 Å². The first-order valence-corrected chi connectivity index (χ1v) is 11.3. The highest BCUT2D eigenvalue weighted by molar-refractivity contribution is 5.95. The lowest BCUT2D eigenvalue weighted by atomic mass is 9.92. The van der Waals surface area contributed by atoms with Crippen molar-refractivity contribution >= 4 is 5.91 Å². The number of nitrogens with zero attached hydrogens (tertiary/aromatic N) is 4. The Morgan fingerprint density at radius 3 is 2.68 bits per heavy atom. The van der Waals surface area contributed by atoms with Gasteiger partial charge in [0.15, 0.2) is 5.82 Å². The number of rotatable bonds is 6. The van der Waals surface area contributed by atoms with Crippen LogP contribution in [0.3, 0.4) is 0 Å². The van der Waals surface area contributed by atoms with Crippen LogP contribution in [0.25, 0.3) is 11.5 Å². The van der Waals surface area contributed by atoms with Crippen molar-refractivity contribution in [2.45, 2.75) is 71.5 Å². The first-order chi connectivity index (χ1) is 15.0. The summed E-state index contributed by atoms with van der Waals surface area (Å²) >= 11 is 0. The van der Waals surface area contributed by atoms with E-state index in [2.05, 4.69) is 33.3 Å². The monoisotopic (exact) mass is 420 g/mol. The molecule has 1 saturated carbocycles. The molecule has 0 bridgehead atoms. The van der Waals surface area contributed by atoms with Crippen LogP contribution in [0.4, 0.5) is 0 Å². The van der Waals surface area contributed by atoms with Crippen LogP contribution in [0.1, 0.15) is 67.7 Å². The first-order valence-electron chi connectivity index (χ1n) is 11.3. The minimum atomic E-state index is 0.0963. The molecule has 1 aromatic carbocycles. The molecule has 0 radical (unpaired) electrons. The molecule has 2 heterocycles. The Balaban J connectivity index is 1.60. The van der Waals surface area contributed by atoms with Gasteiger partial charge in [0, 0.05) is 29.4 Å². The van der Waals surface area contributed by atoms with Crippen molar-refractivity contribution in [1.29, 1.82) is 0 Å². The molecule has 164 valence electrons. The molecular weight excluding hydrogens is 388 g/mol. The lowest BCUT2D eigenvalue weighted by Crippen LogP contribution is -2.45. The summed E-state index contributed by atoms with van der Waals surface area (Å²) in [6, 6.07) is 10.3. The van der Waals surface area contributed by atoms with Gasteiger partial charge >= 0.3 is 0 Å². The van der Waals surface area contributed by atoms with Crippen LogP contribution in [-0.2, 0) is 6.54 Å². The Labute approximate surface area is 184 Å². The number of benzene rings is 1. The normalized spacial score (nSPS) is 14.9. The summed E-state index contributed by atoms with van der Waals surface area (Å²) in [7, 11) is 1.66. The van der Waals surface area contributed by atoms with Crippen molar-refractivity contribution in [2.24, 2.45) is 0 Å². The summed E-state index contributed by atoms with van der Waals surface area (Å²) < 4.78 is 7.76. The van der Waals surface area contributed by atoms with Crippen LogP contribution >= 0.6 is 0 Å². The van der Waals surface area contributed by atoms with E-state index in [1.165, 1.54) is 19.3 Å². The molecule has 6 heteroatoms. The highest BCUT2D eigenvalue weighted by Gasteiger charge is 2.28. The average Bonchev–Trinajstić information content (AvgIpc) is 3.16. The molecule has 1 aromatic rings. The Morgan fingerprint density at radius 2 is 1.97 bits per heavy atom. The number of methoxy groups -OCH3 is 1. The predicted molar refractivity (Wildman–Crippen MR) is 122 cm³/mol. The molecule has 0 unspecified atom stereocenters. The molecule has 1 amide bonds. The highest BCUT2D eigenvalue weighted by atomic mass is 16.5. The maximum atomic E-state index is 13.4. The van der Waals surface area contributed by atoms with E-state index in [1.54, 1.807) is 7.11 Å².